The van der Waals surface area contributed by atoms with Crippen LogP contribution in [-0.2, 0) is 4.79 Å². The maximum absolute atomic E-state index is 11.8. The zero-order valence-corrected chi connectivity index (χ0v) is 9.68. The average molecular weight is 260 g/mol. The summed E-state index contributed by atoms with van der Waals surface area (Å²) in [5.41, 5.74) is 3.78. The van der Waals surface area contributed by atoms with Crippen molar-refractivity contribution in [2.45, 2.75) is 11.3 Å². The first-order valence-electron chi connectivity index (χ1n) is 4.57. The predicted octanol–water partition coefficient (Wildman–Crippen LogP) is 1.43. The van der Waals surface area contributed by atoms with Gasteiger partial charge in [0.1, 0.15) is 0 Å². The molecular formula is C10H10F2N2O2S. The zero-order valence-electron chi connectivity index (χ0n) is 8.87. The molecule has 2 amide bonds. The van der Waals surface area contributed by atoms with Crippen molar-refractivity contribution in [3.05, 3.63) is 29.8 Å². The molecule has 0 saturated carbocycles. The molecule has 0 fully saturated rings. The Morgan fingerprint density at radius 3 is 2.24 bits per heavy atom. The number of carbonyl (C=O) groups is 2. The fourth-order valence-corrected chi connectivity index (χ4v) is 1.40. The van der Waals surface area contributed by atoms with Crippen molar-refractivity contribution in [3.63, 3.8) is 0 Å². The van der Waals surface area contributed by atoms with E-state index in [2.05, 4.69) is 0 Å². The van der Waals surface area contributed by atoms with Gasteiger partial charge in [-0.15, -0.1) is 11.8 Å². The number of halogens is 2. The van der Waals surface area contributed by atoms with E-state index in [0.717, 1.165) is 4.90 Å². The Hall–Kier alpha value is -1.63. The van der Waals surface area contributed by atoms with Crippen LogP contribution >= 0.6 is 11.8 Å². The van der Waals surface area contributed by atoms with Gasteiger partial charge in [0.25, 0.3) is 5.91 Å². The number of thioether (sulfide) groups is 1. The first-order valence-corrected chi connectivity index (χ1v) is 5.79. The Labute approximate surface area is 101 Å². The Bertz CT molecular complexity index is 409. The highest BCUT2D eigenvalue weighted by molar-refractivity contribution is 7.98. The van der Waals surface area contributed by atoms with E-state index >= 15 is 0 Å². The molecule has 0 unspecified atom stereocenters. The lowest BCUT2D eigenvalue weighted by atomic mass is 10.2. The molecule has 0 spiro atoms. The highest BCUT2D eigenvalue weighted by Crippen LogP contribution is 2.14. The van der Waals surface area contributed by atoms with Crippen molar-refractivity contribution in [2.24, 2.45) is 0 Å². The van der Waals surface area contributed by atoms with Gasteiger partial charge in [-0.1, -0.05) is 0 Å². The molecule has 0 heterocycles. The molecule has 0 aliphatic heterocycles. The second-order valence-electron chi connectivity index (χ2n) is 2.97. The third-order valence-corrected chi connectivity index (χ3v) is 2.59. The Kier molecular flexibility index (Phi) is 4.89. The van der Waals surface area contributed by atoms with E-state index in [-0.39, 0.29) is 5.56 Å². The second-order valence-corrected chi connectivity index (χ2v) is 3.85. The molecular weight excluding hydrogens is 250 g/mol. The van der Waals surface area contributed by atoms with E-state index in [4.69, 9.17) is 0 Å². The van der Waals surface area contributed by atoms with Crippen molar-refractivity contribution in [1.82, 2.24) is 10.9 Å². The van der Waals surface area contributed by atoms with Crippen LogP contribution in [0, 0.1) is 0 Å². The van der Waals surface area contributed by atoms with E-state index in [0.29, 0.717) is 0 Å². The smallest absolute Gasteiger partial charge is 0.267 e. The van der Waals surface area contributed by atoms with Crippen LogP contribution in [0.2, 0.25) is 0 Å². The maximum Gasteiger partial charge on any atom is 0.317 e. The summed E-state index contributed by atoms with van der Waals surface area (Å²) in [6, 6.07) is 6.51. The molecule has 4 nitrogen and oxygen atoms in total. The molecule has 92 valence electrons. The van der Waals surface area contributed by atoms with Gasteiger partial charge in [-0.05, 0) is 30.5 Å². The van der Waals surface area contributed by atoms with Crippen molar-refractivity contribution in [3.8, 4) is 0 Å². The summed E-state index contributed by atoms with van der Waals surface area (Å²) in [6.45, 7) is 0. The minimum atomic E-state index is -3.16. The monoisotopic (exact) mass is 260 g/mol. The summed E-state index contributed by atoms with van der Waals surface area (Å²) in [4.78, 5) is 22.9. The van der Waals surface area contributed by atoms with E-state index < -0.39 is 18.2 Å². The van der Waals surface area contributed by atoms with Gasteiger partial charge < -0.3 is 0 Å². The number of hydrogen-bond donors (Lipinski definition) is 2. The fourth-order valence-electron chi connectivity index (χ4n) is 0.987. The van der Waals surface area contributed by atoms with Crippen molar-refractivity contribution >= 4 is 23.6 Å². The second kappa shape index (κ2) is 6.19. The van der Waals surface area contributed by atoms with Gasteiger partial charge in [0.05, 0.1) is 0 Å². The molecule has 0 aliphatic rings. The van der Waals surface area contributed by atoms with Gasteiger partial charge >= 0.3 is 12.3 Å². The maximum atomic E-state index is 11.8. The van der Waals surface area contributed by atoms with Crippen molar-refractivity contribution in [1.29, 1.82) is 0 Å². The molecule has 2 N–H and O–H groups in total. The SMILES string of the molecule is CSc1ccc(C(=O)NNC(=O)C(F)F)cc1. The minimum Gasteiger partial charge on any atom is -0.267 e. The quantitative estimate of drug-likeness (QED) is 0.638. The van der Waals surface area contributed by atoms with Crippen LogP contribution in [0.1, 0.15) is 10.4 Å². The highest BCUT2D eigenvalue weighted by atomic mass is 32.2. The van der Waals surface area contributed by atoms with Crippen LogP contribution in [0.4, 0.5) is 8.78 Å². The number of hydrogen-bond acceptors (Lipinski definition) is 3. The lowest BCUT2D eigenvalue weighted by Gasteiger charge is -2.06. The number of alkyl halides is 2. The number of hydrazine groups is 1. The van der Waals surface area contributed by atoms with Gasteiger partial charge in [-0.2, -0.15) is 8.78 Å². The molecule has 0 aliphatic carbocycles. The predicted molar refractivity (Wildman–Crippen MR) is 59.8 cm³/mol. The van der Waals surface area contributed by atoms with E-state index in [1.807, 2.05) is 11.7 Å². The van der Waals surface area contributed by atoms with Crippen LogP contribution < -0.4 is 10.9 Å². The topological polar surface area (TPSA) is 58.2 Å². The van der Waals surface area contributed by atoms with Crippen molar-refractivity contribution in [2.75, 3.05) is 6.26 Å². The minimum absolute atomic E-state index is 0.275. The molecule has 1 aromatic rings. The summed E-state index contributed by atoms with van der Waals surface area (Å²) in [7, 11) is 0. The van der Waals surface area contributed by atoms with Crippen LogP contribution in [0.15, 0.2) is 29.2 Å². The molecule has 0 radical (unpaired) electrons. The largest absolute Gasteiger partial charge is 0.317 e. The first-order chi connectivity index (χ1) is 8.04. The summed E-state index contributed by atoms with van der Waals surface area (Å²) >= 11 is 1.51. The van der Waals surface area contributed by atoms with E-state index in [9.17, 15) is 18.4 Å². The number of benzene rings is 1. The Morgan fingerprint density at radius 2 is 1.76 bits per heavy atom. The number of carbonyl (C=O) groups excluding carboxylic acids is 2. The number of nitrogens with one attached hydrogen (secondary N) is 2. The molecule has 0 atom stereocenters. The Balaban J connectivity index is 2.55. The molecule has 1 aromatic carbocycles. The third-order valence-electron chi connectivity index (χ3n) is 1.85. The summed E-state index contributed by atoms with van der Waals surface area (Å²) in [5.74, 6) is -2.19. The molecule has 1 rings (SSSR count). The molecule has 7 heteroatoms. The molecule has 17 heavy (non-hydrogen) atoms. The fraction of sp³-hybridized carbons (Fsp3) is 0.200. The van der Waals surface area contributed by atoms with Gasteiger partial charge in [-0.3, -0.25) is 20.4 Å². The number of rotatable bonds is 3. The van der Waals surface area contributed by atoms with E-state index in [1.165, 1.54) is 23.9 Å². The first kappa shape index (κ1) is 13.4. The van der Waals surface area contributed by atoms with Gasteiger partial charge in [0.2, 0.25) is 0 Å². The lowest BCUT2D eigenvalue weighted by molar-refractivity contribution is -0.132. The summed E-state index contributed by atoms with van der Waals surface area (Å²) in [6.07, 6.45) is -1.27. The zero-order chi connectivity index (χ0) is 12.8. The van der Waals surface area contributed by atoms with Crippen LogP contribution in [0.3, 0.4) is 0 Å². The van der Waals surface area contributed by atoms with Crippen LogP contribution in [0.5, 0.6) is 0 Å². The van der Waals surface area contributed by atoms with Crippen LogP contribution in [0.25, 0.3) is 0 Å². The van der Waals surface area contributed by atoms with Crippen molar-refractivity contribution < 1.29 is 18.4 Å². The van der Waals surface area contributed by atoms with Gasteiger partial charge in [0.15, 0.2) is 0 Å². The number of amides is 2. The van der Waals surface area contributed by atoms with Gasteiger partial charge in [0, 0.05) is 10.5 Å². The normalized spacial score (nSPS) is 10.1. The molecule has 0 saturated heterocycles. The highest BCUT2D eigenvalue weighted by Gasteiger charge is 2.15. The van der Waals surface area contributed by atoms with Crippen LogP contribution in [-0.4, -0.2) is 24.5 Å². The standard InChI is InChI=1S/C10H10F2N2O2S/c1-17-7-4-2-6(3-5-7)9(15)13-14-10(16)8(11)12/h2-5,8H,1H3,(H,13,15)(H,14,16). The third kappa shape index (κ3) is 4.03. The average Bonchev–Trinajstić information content (AvgIpc) is 2.35. The molecule has 0 aromatic heterocycles. The lowest BCUT2D eigenvalue weighted by Crippen LogP contribution is -2.44. The summed E-state index contributed by atoms with van der Waals surface area (Å²) in [5, 5.41) is 0. The summed E-state index contributed by atoms with van der Waals surface area (Å²) < 4.78 is 23.6. The van der Waals surface area contributed by atoms with Gasteiger partial charge in [-0.25, -0.2) is 0 Å². The molecule has 0 bridgehead atoms. The van der Waals surface area contributed by atoms with E-state index in [1.54, 1.807) is 17.6 Å². The Morgan fingerprint density at radius 1 is 1.18 bits per heavy atom.